The molecule has 2 amide bonds. The Bertz CT molecular complexity index is 916. The number of hydrogen-bond donors (Lipinski definition) is 2. The first-order valence-corrected chi connectivity index (χ1v) is 12.9. The Hall–Kier alpha value is -1.97. The zero-order chi connectivity index (χ0) is 23.3. The van der Waals surface area contributed by atoms with Crippen LogP contribution in [-0.2, 0) is 24.3 Å². The van der Waals surface area contributed by atoms with E-state index in [-0.39, 0.29) is 17.5 Å². The molecule has 1 saturated heterocycles. The summed E-state index contributed by atoms with van der Waals surface area (Å²) in [5, 5.41) is 5.38. The van der Waals surface area contributed by atoms with Crippen molar-refractivity contribution >= 4 is 21.8 Å². The van der Waals surface area contributed by atoms with Crippen LogP contribution in [-0.4, -0.2) is 56.5 Å². The minimum Gasteiger partial charge on any atom is -0.360 e. The summed E-state index contributed by atoms with van der Waals surface area (Å²) in [7, 11) is -3.83. The molecule has 0 radical (unpaired) electrons. The number of aryl methyl sites for hydroxylation is 3. The van der Waals surface area contributed by atoms with E-state index in [1.807, 2.05) is 19.1 Å². The average Bonchev–Trinajstić information content (AvgIpc) is 2.99. The van der Waals surface area contributed by atoms with Gasteiger partial charge in [0.15, 0.2) is 0 Å². The van der Waals surface area contributed by atoms with Crippen LogP contribution in [0.25, 0.3) is 0 Å². The molecule has 0 bridgehead atoms. The molecule has 178 valence electrons. The predicted octanol–water partition coefficient (Wildman–Crippen LogP) is 2.30. The Morgan fingerprint density at radius 3 is 2.25 bits per heavy atom. The second kappa shape index (κ2) is 10.8. The highest BCUT2D eigenvalue weighted by atomic mass is 32.2. The monoisotopic (exact) mass is 465 g/mol. The van der Waals surface area contributed by atoms with E-state index in [0.717, 1.165) is 44.1 Å². The lowest BCUT2D eigenvalue weighted by Gasteiger charge is -2.35. The zero-order valence-electron chi connectivity index (χ0n) is 19.3. The van der Waals surface area contributed by atoms with Gasteiger partial charge < -0.3 is 15.4 Å². The van der Waals surface area contributed by atoms with Crippen LogP contribution in [0, 0.1) is 20.8 Å². The Labute approximate surface area is 191 Å². The van der Waals surface area contributed by atoms with Crippen molar-refractivity contribution in [2.45, 2.75) is 82.9 Å². The Kier molecular flexibility index (Phi) is 8.30. The Morgan fingerprint density at radius 2 is 1.62 bits per heavy atom. The van der Waals surface area contributed by atoms with Gasteiger partial charge in [0, 0.05) is 12.6 Å². The first kappa shape index (κ1) is 24.7. The number of hydrogen-bond acceptors (Lipinski definition) is 5. The van der Waals surface area contributed by atoms with Crippen LogP contribution in [0.15, 0.2) is 17.0 Å². The SMILES string of the molecule is Cc1cc(C)c(S(=O)(=O)N2CCCOC2CNC(=O)C(=O)NC2CCCCCC2)c(C)c1. The third-order valence-electron chi connectivity index (χ3n) is 6.16. The second-order valence-electron chi connectivity index (χ2n) is 8.89. The van der Waals surface area contributed by atoms with Gasteiger partial charge in [0.25, 0.3) is 0 Å². The molecule has 32 heavy (non-hydrogen) atoms. The molecule has 1 atom stereocenters. The maximum absolute atomic E-state index is 13.5. The fourth-order valence-electron chi connectivity index (χ4n) is 4.73. The molecule has 2 fully saturated rings. The molecule has 0 aromatic heterocycles. The summed E-state index contributed by atoms with van der Waals surface area (Å²) in [5.74, 6) is -1.43. The molecule has 0 spiro atoms. The van der Waals surface area contributed by atoms with E-state index in [0.29, 0.717) is 30.7 Å². The topological polar surface area (TPSA) is 105 Å². The number of benzene rings is 1. The zero-order valence-corrected chi connectivity index (χ0v) is 20.1. The van der Waals surface area contributed by atoms with Crippen LogP contribution in [0.1, 0.15) is 61.6 Å². The minimum atomic E-state index is -3.83. The van der Waals surface area contributed by atoms with Crippen molar-refractivity contribution in [1.82, 2.24) is 14.9 Å². The van der Waals surface area contributed by atoms with Crippen LogP contribution in [0.2, 0.25) is 0 Å². The van der Waals surface area contributed by atoms with Crippen LogP contribution in [0.3, 0.4) is 0 Å². The largest absolute Gasteiger partial charge is 0.360 e. The van der Waals surface area contributed by atoms with Crippen LogP contribution in [0.4, 0.5) is 0 Å². The van der Waals surface area contributed by atoms with Crippen LogP contribution >= 0.6 is 0 Å². The Balaban J connectivity index is 1.66. The van der Waals surface area contributed by atoms with Crippen molar-refractivity contribution in [3.63, 3.8) is 0 Å². The molecule has 8 nitrogen and oxygen atoms in total. The minimum absolute atomic E-state index is 0.0195. The van der Waals surface area contributed by atoms with E-state index < -0.39 is 28.1 Å². The standard InChI is InChI=1S/C23H35N3O5S/c1-16-13-17(2)21(18(3)14-16)32(29,30)26-11-8-12-31-20(26)15-24-22(27)23(28)25-19-9-6-4-5-7-10-19/h13-14,19-20H,4-12,15H2,1-3H3,(H,24,27)(H,25,28). The molecule has 1 heterocycles. The highest BCUT2D eigenvalue weighted by Crippen LogP contribution is 2.28. The smallest absolute Gasteiger partial charge is 0.309 e. The number of amides is 2. The van der Waals surface area contributed by atoms with E-state index in [4.69, 9.17) is 4.74 Å². The lowest BCUT2D eigenvalue weighted by Crippen LogP contribution is -2.53. The lowest BCUT2D eigenvalue weighted by molar-refractivity contribution is -0.140. The lowest BCUT2D eigenvalue weighted by atomic mass is 10.1. The van der Waals surface area contributed by atoms with Crippen molar-refractivity contribution in [2.75, 3.05) is 19.7 Å². The highest BCUT2D eigenvalue weighted by molar-refractivity contribution is 7.89. The highest BCUT2D eigenvalue weighted by Gasteiger charge is 2.36. The van der Waals surface area contributed by atoms with Crippen molar-refractivity contribution in [3.05, 3.63) is 28.8 Å². The van der Waals surface area contributed by atoms with E-state index in [1.165, 1.54) is 4.31 Å². The molecular formula is C23H35N3O5S. The summed E-state index contributed by atoms with van der Waals surface area (Å²) in [6.07, 6.45) is 5.88. The van der Waals surface area contributed by atoms with E-state index in [9.17, 15) is 18.0 Å². The van der Waals surface area contributed by atoms with E-state index in [2.05, 4.69) is 10.6 Å². The molecule has 1 aromatic rings. The number of nitrogens with one attached hydrogen (secondary N) is 2. The average molecular weight is 466 g/mol. The maximum atomic E-state index is 13.5. The Morgan fingerprint density at radius 1 is 1.00 bits per heavy atom. The number of rotatable bonds is 5. The van der Waals surface area contributed by atoms with Crippen molar-refractivity contribution in [3.8, 4) is 0 Å². The molecule has 9 heteroatoms. The van der Waals surface area contributed by atoms with Crippen molar-refractivity contribution in [1.29, 1.82) is 0 Å². The molecule has 1 aliphatic carbocycles. The van der Waals surface area contributed by atoms with Gasteiger partial charge >= 0.3 is 11.8 Å². The third-order valence-corrected chi connectivity index (χ3v) is 8.35. The van der Waals surface area contributed by atoms with Crippen molar-refractivity contribution < 1.29 is 22.7 Å². The fourth-order valence-corrected chi connectivity index (χ4v) is 6.71. The van der Waals surface area contributed by atoms with Gasteiger partial charge in [0.05, 0.1) is 18.0 Å². The molecule has 1 aliphatic heterocycles. The van der Waals surface area contributed by atoms with E-state index >= 15 is 0 Å². The van der Waals surface area contributed by atoms with Crippen LogP contribution < -0.4 is 10.6 Å². The quantitative estimate of drug-likeness (QED) is 0.513. The van der Waals surface area contributed by atoms with Crippen molar-refractivity contribution in [2.24, 2.45) is 0 Å². The molecule has 2 aliphatic rings. The summed E-state index contributed by atoms with van der Waals surface area (Å²) in [6, 6.07) is 3.71. The third kappa shape index (κ3) is 5.88. The number of carbonyl (C=O) groups is 2. The first-order valence-electron chi connectivity index (χ1n) is 11.5. The molecule has 1 saturated carbocycles. The van der Waals surface area contributed by atoms with Gasteiger partial charge in [-0.15, -0.1) is 0 Å². The number of nitrogens with zero attached hydrogens (tertiary/aromatic N) is 1. The molecule has 1 unspecified atom stereocenters. The van der Waals surface area contributed by atoms with E-state index in [1.54, 1.807) is 13.8 Å². The molecule has 3 rings (SSSR count). The fraction of sp³-hybridized carbons (Fsp3) is 0.652. The molecule has 2 N–H and O–H groups in total. The molecule has 1 aromatic carbocycles. The summed E-state index contributed by atoms with van der Waals surface area (Å²) in [4.78, 5) is 25.0. The normalized spacial score (nSPS) is 21.0. The number of ether oxygens (including phenoxy) is 1. The number of sulfonamides is 1. The number of carbonyl (C=O) groups excluding carboxylic acids is 2. The van der Waals surface area contributed by atoms with Gasteiger partial charge in [-0.25, -0.2) is 8.42 Å². The van der Waals surface area contributed by atoms with Gasteiger partial charge in [-0.3, -0.25) is 9.59 Å². The van der Waals surface area contributed by atoms with Gasteiger partial charge in [-0.1, -0.05) is 43.4 Å². The summed E-state index contributed by atoms with van der Waals surface area (Å²) in [5.41, 5.74) is 2.36. The van der Waals surface area contributed by atoms with Gasteiger partial charge in [-0.2, -0.15) is 4.31 Å². The van der Waals surface area contributed by atoms with Gasteiger partial charge in [-0.05, 0) is 51.2 Å². The first-order chi connectivity index (χ1) is 15.2. The predicted molar refractivity (Wildman–Crippen MR) is 122 cm³/mol. The summed E-state index contributed by atoms with van der Waals surface area (Å²) < 4.78 is 34.0. The van der Waals surface area contributed by atoms with Gasteiger partial charge in [0.1, 0.15) is 6.23 Å². The maximum Gasteiger partial charge on any atom is 0.309 e. The summed E-state index contributed by atoms with van der Waals surface area (Å²) >= 11 is 0. The summed E-state index contributed by atoms with van der Waals surface area (Å²) in [6.45, 7) is 6.11. The van der Waals surface area contributed by atoms with Gasteiger partial charge in [0.2, 0.25) is 10.0 Å². The second-order valence-corrected chi connectivity index (χ2v) is 10.7. The molecular weight excluding hydrogens is 430 g/mol. The van der Waals surface area contributed by atoms with Crippen LogP contribution in [0.5, 0.6) is 0 Å².